The summed E-state index contributed by atoms with van der Waals surface area (Å²) >= 11 is 0. The van der Waals surface area contributed by atoms with E-state index < -0.39 is 18.2 Å². The molecule has 2 bridgehead atoms. The summed E-state index contributed by atoms with van der Waals surface area (Å²) in [4.78, 5) is 23.7. The van der Waals surface area contributed by atoms with Gasteiger partial charge in [-0.25, -0.2) is 4.79 Å². The van der Waals surface area contributed by atoms with E-state index in [9.17, 15) is 9.59 Å². The zero-order valence-corrected chi connectivity index (χ0v) is 21.2. The molecule has 8 heteroatoms. The molecule has 2 saturated heterocycles. The van der Waals surface area contributed by atoms with Crippen molar-refractivity contribution in [1.29, 1.82) is 0 Å². The Morgan fingerprint density at radius 2 is 1.78 bits per heavy atom. The minimum atomic E-state index is -0.747. The average molecular weight is 505 g/mol. The van der Waals surface area contributed by atoms with E-state index >= 15 is 0 Å². The Morgan fingerprint density at radius 3 is 2.41 bits per heavy atom. The number of hydrogen-bond donors (Lipinski definition) is 2. The van der Waals surface area contributed by atoms with Crippen LogP contribution in [0.2, 0.25) is 0 Å². The summed E-state index contributed by atoms with van der Waals surface area (Å²) in [5.74, 6) is -0.283. The van der Waals surface area contributed by atoms with E-state index in [1.807, 2.05) is 61.5 Å². The summed E-state index contributed by atoms with van der Waals surface area (Å²) in [5.41, 5.74) is 3.48. The molecule has 3 aromatic rings. The monoisotopic (exact) mass is 504 g/mol. The number of carbonyl (C=O) groups is 2. The number of aromatic nitrogens is 1. The molecule has 2 N–H and O–H groups in total. The van der Waals surface area contributed by atoms with Crippen molar-refractivity contribution in [2.45, 2.75) is 64.1 Å². The molecule has 3 fully saturated rings. The highest BCUT2D eigenvalue weighted by molar-refractivity contribution is 5.90. The number of carboxylic acid groups (broad SMARTS) is 1. The number of aryl methyl sites for hydroxylation is 1. The molecule has 1 atom stereocenters. The lowest BCUT2D eigenvalue weighted by molar-refractivity contribution is -0.192. The Labute approximate surface area is 216 Å². The molecule has 1 amide bonds. The number of carbonyl (C=O) groups excluding carboxylic acids is 1. The predicted octanol–water partition coefficient (Wildman–Crippen LogP) is 6.61. The van der Waals surface area contributed by atoms with Crippen LogP contribution in [0, 0.1) is 12.3 Å². The summed E-state index contributed by atoms with van der Waals surface area (Å²) in [6, 6.07) is 17.5. The van der Waals surface area contributed by atoms with Gasteiger partial charge in [0.25, 0.3) is 0 Å². The van der Waals surface area contributed by atoms with E-state index in [0.717, 1.165) is 42.4 Å². The number of ether oxygens (including phenoxy) is 2. The van der Waals surface area contributed by atoms with E-state index in [0.29, 0.717) is 30.2 Å². The van der Waals surface area contributed by atoms with Crippen molar-refractivity contribution < 1.29 is 28.7 Å². The van der Waals surface area contributed by atoms with Gasteiger partial charge in [-0.15, -0.1) is 0 Å². The Balaban J connectivity index is 1.27. The molecule has 1 saturated carbocycles. The summed E-state index contributed by atoms with van der Waals surface area (Å²) in [6.45, 7) is 4.19. The molecule has 2 aromatic carbocycles. The van der Waals surface area contributed by atoms with Gasteiger partial charge in [0.1, 0.15) is 17.5 Å². The zero-order valence-electron chi connectivity index (χ0n) is 21.2. The highest BCUT2D eigenvalue weighted by Crippen LogP contribution is 2.55. The largest absolute Gasteiger partial charge is 0.481 e. The van der Waals surface area contributed by atoms with E-state index in [1.165, 1.54) is 0 Å². The lowest BCUT2D eigenvalue weighted by Crippen LogP contribution is -2.49. The molecular weight excluding hydrogens is 472 g/mol. The van der Waals surface area contributed by atoms with Gasteiger partial charge in [-0.3, -0.25) is 10.1 Å². The van der Waals surface area contributed by atoms with Crippen molar-refractivity contribution in [1.82, 2.24) is 5.16 Å². The van der Waals surface area contributed by atoms with Gasteiger partial charge in [0.05, 0.1) is 12.2 Å². The number of rotatable bonds is 8. The van der Waals surface area contributed by atoms with Gasteiger partial charge in [-0.2, -0.15) is 0 Å². The average Bonchev–Trinajstić information content (AvgIpc) is 3.28. The summed E-state index contributed by atoms with van der Waals surface area (Å²) < 4.78 is 17.5. The molecule has 2 aliphatic heterocycles. The van der Waals surface area contributed by atoms with Crippen molar-refractivity contribution in [3.05, 3.63) is 71.4 Å². The molecule has 194 valence electrons. The second-order valence-electron chi connectivity index (χ2n) is 10.3. The maximum absolute atomic E-state index is 12.6. The fraction of sp³-hybridized carbons (Fsp3) is 0.414. The molecule has 37 heavy (non-hydrogen) atoms. The molecule has 0 unspecified atom stereocenters. The van der Waals surface area contributed by atoms with Crippen LogP contribution >= 0.6 is 0 Å². The van der Waals surface area contributed by atoms with Gasteiger partial charge in [-0.05, 0) is 62.5 Å². The molecule has 6 rings (SSSR count). The quantitative estimate of drug-likeness (QED) is 0.355. The van der Waals surface area contributed by atoms with Gasteiger partial charge >= 0.3 is 12.1 Å². The fourth-order valence-electron chi connectivity index (χ4n) is 5.55. The molecule has 1 aromatic heterocycles. The van der Waals surface area contributed by atoms with Crippen LogP contribution in [0.5, 0.6) is 0 Å². The maximum Gasteiger partial charge on any atom is 0.412 e. The number of carboxylic acids is 1. The minimum absolute atomic E-state index is 0.00929. The van der Waals surface area contributed by atoms with E-state index in [2.05, 4.69) is 10.5 Å². The van der Waals surface area contributed by atoms with E-state index in [-0.39, 0.29) is 17.4 Å². The highest BCUT2D eigenvalue weighted by Gasteiger charge is 2.50. The normalized spacial score (nSPS) is 23.4. The molecule has 8 nitrogen and oxygen atoms in total. The Morgan fingerprint density at radius 1 is 1.08 bits per heavy atom. The van der Waals surface area contributed by atoms with E-state index in [1.54, 1.807) is 6.92 Å². The van der Waals surface area contributed by atoms with Crippen molar-refractivity contribution in [2.75, 3.05) is 11.9 Å². The van der Waals surface area contributed by atoms with Crippen molar-refractivity contribution in [3.63, 3.8) is 0 Å². The maximum atomic E-state index is 12.6. The smallest absolute Gasteiger partial charge is 0.412 e. The number of nitrogens with zero attached hydrogens (tertiary/aromatic N) is 1. The summed E-state index contributed by atoms with van der Waals surface area (Å²) in [7, 11) is 0. The van der Waals surface area contributed by atoms with Crippen LogP contribution in [0.3, 0.4) is 0 Å². The van der Waals surface area contributed by atoms with Gasteiger partial charge < -0.3 is 19.1 Å². The standard InChI is InChI=1S/C29H32N2O6/c1-19-25(30-27(34)36-20(2)21-6-4-3-5-7-21)26(37-31-19)22-8-10-23(11-9-22)29-16-14-28(15-17-29,18-35-29)13-12-24(32)33/h3-11,20H,12-18H2,1-2H3,(H,30,34)(H,32,33)/t20-,28?,29?/m1/s1. The van der Waals surface area contributed by atoms with Crippen LogP contribution in [-0.2, 0) is 19.9 Å². The van der Waals surface area contributed by atoms with Crippen LogP contribution in [0.25, 0.3) is 11.3 Å². The molecular formula is C29H32N2O6. The molecule has 0 radical (unpaired) electrons. The van der Waals surface area contributed by atoms with E-state index in [4.69, 9.17) is 19.1 Å². The summed E-state index contributed by atoms with van der Waals surface area (Å²) in [5, 5.41) is 15.9. The highest BCUT2D eigenvalue weighted by atomic mass is 16.6. The van der Waals surface area contributed by atoms with Crippen LogP contribution < -0.4 is 5.32 Å². The molecule has 1 aliphatic carbocycles. The number of hydrogen-bond acceptors (Lipinski definition) is 6. The van der Waals surface area contributed by atoms with Crippen LogP contribution in [0.1, 0.15) is 68.4 Å². The van der Waals surface area contributed by atoms with Gasteiger partial charge in [0, 0.05) is 12.0 Å². The number of amides is 1. The number of benzene rings is 2. The third-order valence-electron chi connectivity index (χ3n) is 7.96. The second-order valence-corrected chi connectivity index (χ2v) is 10.3. The minimum Gasteiger partial charge on any atom is -0.481 e. The Bertz CT molecular complexity index is 1240. The van der Waals surface area contributed by atoms with Crippen molar-refractivity contribution >= 4 is 17.7 Å². The lowest BCUT2D eigenvalue weighted by atomic mass is 9.62. The first-order valence-electron chi connectivity index (χ1n) is 12.7. The first-order chi connectivity index (χ1) is 17.8. The first kappa shape index (κ1) is 25.0. The SMILES string of the molecule is Cc1noc(-c2ccc(C34CCC(CCC(=O)O)(CC3)CO4)cc2)c1NC(=O)O[C@H](C)c1ccccc1. The fourth-order valence-corrected chi connectivity index (χ4v) is 5.55. The van der Waals surface area contributed by atoms with Crippen LogP contribution in [0.4, 0.5) is 10.5 Å². The van der Waals surface area contributed by atoms with Crippen molar-refractivity contribution in [3.8, 4) is 11.3 Å². The first-order valence-corrected chi connectivity index (χ1v) is 12.7. The zero-order chi connectivity index (χ0) is 26.0. The van der Waals surface area contributed by atoms with Crippen LogP contribution in [-0.4, -0.2) is 28.9 Å². The van der Waals surface area contributed by atoms with Gasteiger partial charge in [-0.1, -0.05) is 59.8 Å². The second kappa shape index (κ2) is 10.0. The molecule has 0 spiro atoms. The number of fused-ring (bicyclic) bond motifs is 3. The number of anilines is 1. The van der Waals surface area contributed by atoms with Gasteiger partial charge in [0.15, 0.2) is 5.76 Å². The number of nitrogens with one attached hydrogen (secondary N) is 1. The Hall–Kier alpha value is -3.65. The predicted molar refractivity (Wildman–Crippen MR) is 137 cm³/mol. The number of aliphatic carboxylic acids is 1. The Kier molecular flexibility index (Phi) is 6.77. The third-order valence-corrected chi connectivity index (χ3v) is 7.96. The topological polar surface area (TPSA) is 111 Å². The summed E-state index contributed by atoms with van der Waals surface area (Å²) in [6.07, 6.45) is 3.58. The molecule has 3 aliphatic rings. The van der Waals surface area contributed by atoms with Crippen LogP contribution in [0.15, 0.2) is 59.1 Å². The lowest BCUT2D eigenvalue weighted by Gasteiger charge is -2.53. The van der Waals surface area contributed by atoms with Gasteiger partial charge in [0.2, 0.25) is 0 Å². The third kappa shape index (κ3) is 5.11. The van der Waals surface area contributed by atoms with Crippen molar-refractivity contribution in [2.24, 2.45) is 5.41 Å². The molecule has 3 heterocycles.